The number of oxazole rings is 1. The fourth-order valence-corrected chi connectivity index (χ4v) is 1.91. The Labute approximate surface area is 111 Å². The molecule has 2 heterocycles. The summed E-state index contributed by atoms with van der Waals surface area (Å²) in [7, 11) is 3.90. The summed E-state index contributed by atoms with van der Waals surface area (Å²) in [5.41, 5.74) is 1.01. The molecule has 1 aromatic carbocycles. The molecule has 0 spiro atoms. The second kappa shape index (κ2) is 4.78. The van der Waals surface area contributed by atoms with Crippen LogP contribution in [0.4, 0.5) is 5.69 Å². The van der Waals surface area contributed by atoms with Gasteiger partial charge in [-0.15, -0.1) is 0 Å². The van der Waals surface area contributed by atoms with Gasteiger partial charge in [-0.3, -0.25) is 9.80 Å². The molecule has 0 saturated carbocycles. The van der Waals surface area contributed by atoms with Crippen LogP contribution in [0.2, 0.25) is 0 Å². The highest BCUT2D eigenvalue weighted by Gasteiger charge is 2.31. The standard InChI is InChI=1S/C14H14N3O2/c1-16(2)14-17(11-6-4-3-5-7-11)9-13(19-14)12-8-15-10-18-12/h3-8,10,14H,1-2H3. The van der Waals surface area contributed by atoms with Crippen molar-refractivity contribution in [3.63, 3.8) is 0 Å². The zero-order valence-electron chi connectivity index (χ0n) is 10.8. The summed E-state index contributed by atoms with van der Waals surface area (Å²) < 4.78 is 11.1. The molecule has 3 rings (SSSR count). The summed E-state index contributed by atoms with van der Waals surface area (Å²) in [6.07, 6.45) is 5.94. The van der Waals surface area contributed by atoms with E-state index in [4.69, 9.17) is 9.15 Å². The van der Waals surface area contributed by atoms with E-state index in [1.54, 1.807) is 6.20 Å². The molecule has 2 aromatic rings. The maximum Gasteiger partial charge on any atom is 0.236 e. The predicted octanol–water partition coefficient (Wildman–Crippen LogP) is 2.16. The minimum absolute atomic E-state index is 0.248. The summed E-state index contributed by atoms with van der Waals surface area (Å²) >= 11 is 0. The van der Waals surface area contributed by atoms with Crippen molar-refractivity contribution < 1.29 is 9.15 Å². The summed E-state index contributed by atoms with van der Waals surface area (Å²) in [4.78, 5) is 7.78. The zero-order chi connectivity index (χ0) is 13.2. The van der Waals surface area contributed by atoms with Gasteiger partial charge in [0.1, 0.15) is 6.20 Å². The third-order valence-corrected chi connectivity index (χ3v) is 2.80. The SMILES string of the molecule is CN(C)C1OC(c2cnco2)=[C]N1c1ccccc1. The maximum atomic E-state index is 5.86. The van der Waals surface area contributed by atoms with E-state index in [2.05, 4.69) is 11.2 Å². The monoisotopic (exact) mass is 256 g/mol. The van der Waals surface area contributed by atoms with Crippen LogP contribution in [0.1, 0.15) is 5.76 Å². The van der Waals surface area contributed by atoms with Crippen LogP contribution in [0, 0.1) is 6.20 Å². The first-order valence-electron chi connectivity index (χ1n) is 5.95. The number of aromatic nitrogens is 1. The number of rotatable bonds is 3. The lowest BCUT2D eigenvalue weighted by Crippen LogP contribution is -2.40. The molecule has 1 unspecified atom stereocenters. The highest BCUT2D eigenvalue weighted by atomic mass is 16.5. The van der Waals surface area contributed by atoms with Crippen LogP contribution >= 0.6 is 0 Å². The molecule has 1 aliphatic heterocycles. The lowest BCUT2D eigenvalue weighted by molar-refractivity contribution is 0.0571. The van der Waals surface area contributed by atoms with Crippen LogP contribution in [-0.2, 0) is 4.74 Å². The number of ether oxygens (including phenoxy) is 1. The lowest BCUT2D eigenvalue weighted by atomic mass is 10.3. The summed E-state index contributed by atoms with van der Waals surface area (Å²) in [5, 5.41) is 0. The van der Waals surface area contributed by atoms with Gasteiger partial charge in [0.25, 0.3) is 0 Å². The molecular weight excluding hydrogens is 242 g/mol. The van der Waals surface area contributed by atoms with Crippen molar-refractivity contribution in [2.75, 3.05) is 19.0 Å². The minimum Gasteiger partial charge on any atom is -0.450 e. The van der Waals surface area contributed by atoms with Crippen LogP contribution < -0.4 is 4.90 Å². The second-order valence-corrected chi connectivity index (χ2v) is 4.42. The molecule has 5 heteroatoms. The van der Waals surface area contributed by atoms with E-state index >= 15 is 0 Å². The highest BCUT2D eigenvalue weighted by Crippen LogP contribution is 2.30. The van der Waals surface area contributed by atoms with Crippen molar-refractivity contribution in [2.24, 2.45) is 0 Å². The number of hydrogen-bond acceptors (Lipinski definition) is 5. The third kappa shape index (κ3) is 2.20. The van der Waals surface area contributed by atoms with Crippen LogP contribution in [0.5, 0.6) is 0 Å². The molecule has 0 aliphatic carbocycles. The quantitative estimate of drug-likeness (QED) is 0.841. The third-order valence-electron chi connectivity index (χ3n) is 2.80. The number of benzene rings is 1. The number of nitrogens with zero attached hydrogens (tertiary/aromatic N) is 3. The predicted molar refractivity (Wildman–Crippen MR) is 70.6 cm³/mol. The van der Waals surface area contributed by atoms with Crippen LogP contribution in [0.15, 0.2) is 47.3 Å². The molecule has 1 radical (unpaired) electrons. The van der Waals surface area contributed by atoms with Crippen molar-refractivity contribution in [3.8, 4) is 0 Å². The van der Waals surface area contributed by atoms with Gasteiger partial charge in [0.05, 0.1) is 6.20 Å². The van der Waals surface area contributed by atoms with Gasteiger partial charge in [0, 0.05) is 5.69 Å². The minimum atomic E-state index is -0.248. The second-order valence-electron chi connectivity index (χ2n) is 4.42. The van der Waals surface area contributed by atoms with E-state index in [1.165, 1.54) is 6.39 Å². The summed E-state index contributed by atoms with van der Waals surface area (Å²) in [6.45, 7) is 0. The van der Waals surface area contributed by atoms with Crippen molar-refractivity contribution in [2.45, 2.75) is 6.35 Å². The molecule has 1 atom stereocenters. The maximum absolute atomic E-state index is 5.86. The average Bonchev–Trinajstić information content (AvgIpc) is 3.08. The Kier molecular flexibility index (Phi) is 2.97. The Bertz CT molecular complexity index is 564. The summed E-state index contributed by atoms with van der Waals surface area (Å²) in [5.74, 6) is 1.13. The number of para-hydroxylation sites is 1. The topological polar surface area (TPSA) is 41.7 Å². The Morgan fingerprint density at radius 1 is 1.26 bits per heavy atom. The van der Waals surface area contributed by atoms with E-state index in [0.717, 1.165) is 5.69 Å². The molecule has 1 aromatic heterocycles. The van der Waals surface area contributed by atoms with E-state index in [0.29, 0.717) is 11.5 Å². The average molecular weight is 256 g/mol. The van der Waals surface area contributed by atoms with Gasteiger partial charge < -0.3 is 9.15 Å². The van der Waals surface area contributed by atoms with Gasteiger partial charge in [-0.2, -0.15) is 0 Å². The van der Waals surface area contributed by atoms with Crippen molar-refractivity contribution in [3.05, 3.63) is 54.9 Å². The molecule has 0 bridgehead atoms. The van der Waals surface area contributed by atoms with Gasteiger partial charge >= 0.3 is 0 Å². The Hall–Kier alpha value is -2.27. The van der Waals surface area contributed by atoms with Gasteiger partial charge in [0.2, 0.25) is 6.35 Å². The van der Waals surface area contributed by atoms with Crippen LogP contribution in [0.25, 0.3) is 5.76 Å². The molecule has 5 nitrogen and oxygen atoms in total. The largest absolute Gasteiger partial charge is 0.450 e. The smallest absolute Gasteiger partial charge is 0.236 e. The van der Waals surface area contributed by atoms with Gasteiger partial charge in [-0.1, -0.05) is 18.2 Å². The molecule has 1 aliphatic rings. The van der Waals surface area contributed by atoms with E-state index in [9.17, 15) is 0 Å². The van der Waals surface area contributed by atoms with Crippen LogP contribution in [-0.4, -0.2) is 30.3 Å². The molecule has 97 valence electrons. The lowest BCUT2D eigenvalue weighted by Gasteiger charge is -2.28. The van der Waals surface area contributed by atoms with Crippen LogP contribution in [0.3, 0.4) is 0 Å². The Morgan fingerprint density at radius 2 is 2.05 bits per heavy atom. The van der Waals surface area contributed by atoms with E-state index < -0.39 is 0 Å². The van der Waals surface area contributed by atoms with E-state index in [-0.39, 0.29) is 6.35 Å². The van der Waals surface area contributed by atoms with Crippen molar-refractivity contribution in [1.29, 1.82) is 0 Å². The Morgan fingerprint density at radius 3 is 2.68 bits per heavy atom. The Balaban J connectivity index is 1.95. The molecule has 19 heavy (non-hydrogen) atoms. The first kappa shape index (κ1) is 11.8. The molecular formula is C14H14N3O2. The first-order valence-corrected chi connectivity index (χ1v) is 5.95. The van der Waals surface area contributed by atoms with Crippen molar-refractivity contribution >= 4 is 11.4 Å². The highest BCUT2D eigenvalue weighted by molar-refractivity contribution is 5.61. The fourth-order valence-electron chi connectivity index (χ4n) is 1.91. The van der Waals surface area contributed by atoms with E-state index in [1.807, 2.05) is 54.2 Å². The normalized spacial score (nSPS) is 18.6. The number of anilines is 1. The van der Waals surface area contributed by atoms with Crippen molar-refractivity contribution in [1.82, 2.24) is 9.88 Å². The molecule has 0 amide bonds. The van der Waals surface area contributed by atoms with Gasteiger partial charge in [0.15, 0.2) is 17.9 Å². The fraction of sp³-hybridized carbons (Fsp3) is 0.214. The number of hydrogen-bond donors (Lipinski definition) is 0. The zero-order valence-corrected chi connectivity index (χ0v) is 10.8. The molecule has 0 saturated heterocycles. The first-order chi connectivity index (χ1) is 9.25. The molecule has 0 N–H and O–H groups in total. The van der Waals surface area contributed by atoms with Gasteiger partial charge in [-0.25, -0.2) is 4.98 Å². The molecule has 0 fully saturated rings. The summed E-state index contributed by atoms with van der Waals surface area (Å²) in [6, 6.07) is 9.96. The van der Waals surface area contributed by atoms with Gasteiger partial charge in [-0.05, 0) is 26.2 Å².